The Morgan fingerprint density at radius 2 is 2.11 bits per heavy atom. The third-order valence-corrected chi connectivity index (χ3v) is 2.06. The quantitative estimate of drug-likeness (QED) is 0.834. The van der Waals surface area contributed by atoms with Crippen LogP contribution in [0.15, 0.2) is 18.3 Å². The fourth-order valence-corrected chi connectivity index (χ4v) is 1.34. The highest BCUT2D eigenvalue weighted by molar-refractivity contribution is 5.88. The van der Waals surface area contributed by atoms with Gasteiger partial charge in [0.1, 0.15) is 12.4 Å². The number of aliphatic hydroxyl groups excluding tert-OH is 1. The van der Waals surface area contributed by atoms with Crippen molar-refractivity contribution < 1.29 is 28.2 Å². The predicted molar refractivity (Wildman–Crippen MR) is 56.6 cm³/mol. The summed E-state index contributed by atoms with van der Waals surface area (Å²) in [6.45, 7) is -2.08. The van der Waals surface area contributed by atoms with Crippen molar-refractivity contribution in [1.29, 1.82) is 0 Å². The van der Waals surface area contributed by atoms with Gasteiger partial charge in [0.2, 0.25) is 0 Å². The van der Waals surface area contributed by atoms with E-state index < -0.39 is 25.3 Å². The summed E-state index contributed by atoms with van der Waals surface area (Å²) >= 11 is 0. The number of nitrogens with zero attached hydrogens (tertiary/aromatic N) is 2. The Labute approximate surface area is 100 Å². The van der Waals surface area contributed by atoms with Gasteiger partial charge >= 0.3 is 12.1 Å². The van der Waals surface area contributed by atoms with Crippen LogP contribution in [0, 0.1) is 0 Å². The number of carboxylic acids is 1. The number of hydrogen-bond donors (Lipinski definition) is 2. The first kappa shape index (κ1) is 14.2. The van der Waals surface area contributed by atoms with E-state index in [9.17, 15) is 18.0 Å². The van der Waals surface area contributed by atoms with Gasteiger partial charge in [0.25, 0.3) is 0 Å². The van der Waals surface area contributed by atoms with Gasteiger partial charge in [-0.05, 0) is 12.1 Å². The van der Waals surface area contributed by atoms with Crippen LogP contribution in [0.1, 0.15) is 10.4 Å². The monoisotopic (exact) mass is 264 g/mol. The van der Waals surface area contributed by atoms with Crippen molar-refractivity contribution in [3.8, 4) is 0 Å². The summed E-state index contributed by atoms with van der Waals surface area (Å²) in [6.07, 6.45) is -3.35. The molecule has 0 aliphatic heterocycles. The number of carboxylic acid groups (broad SMARTS) is 1. The van der Waals surface area contributed by atoms with Gasteiger partial charge in [-0.3, -0.25) is 0 Å². The molecule has 2 N–H and O–H groups in total. The summed E-state index contributed by atoms with van der Waals surface area (Å²) < 4.78 is 36.9. The van der Waals surface area contributed by atoms with Gasteiger partial charge in [0.15, 0.2) is 0 Å². The molecule has 1 aromatic rings. The van der Waals surface area contributed by atoms with Crippen LogP contribution in [0.25, 0.3) is 0 Å². The molecular weight excluding hydrogens is 253 g/mol. The molecule has 1 aromatic heterocycles. The van der Waals surface area contributed by atoms with Crippen LogP contribution in [-0.4, -0.2) is 47.0 Å². The summed E-state index contributed by atoms with van der Waals surface area (Å²) in [5, 5.41) is 17.5. The molecule has 0 saturated carbocycles. The lowest BCUT2D eigenvalue weighted by Gasteiger charge is -2.24. The van der Waals surface area contributed by atoms with E-state index in [2.05, 4.69) is 4.98 Å². The van der Waals surface area contributed by atoms with Crippen molar-refractivity contribution in [2.24, 2.45) is 0 Å². The zero-order valence-corrected chi connectivity index (χ0v) is 9.18. The van der Waals surface area contributed by atoms with Crippen molar-refractivity contribution >= 4 is 11.8 Å². The lowest BCUT2D eigenvalue weighted by Crippen LogP contribution is -2.36. The normalized spacial score (nSPS) is 11.3. The summed E-state index contributed by atoms with van der Waals surface area (Å²) in [6, 6.07) is 2.21. The smallest absolute Gasteiger partial charge is 0.405 e. The average Bonchev–Trinajstić information content (AvgIpc) is 2.27. The Morgan fingerprint density at radius 1 is 1.44 bits per heavy atom. The van der Waals surface area contributed by atoms with E-state index in [1.54, 1.807) is 0 Å². The first-order valence-corrected chi connectivity index (χ1v) is 4.95. The third-order valence-electron chi connectivity index (χ3n) is 2.06. The Bertz CT molecular complexity index is 423. The molecular formula is C10H11F3N2O3. The zero-order chi connectivity index (χ0) is 13.8. The molecule has 8 heteroatoms. The molecule has 0 aliphatic rings. The molecule has 1 heterocycles. The molecule has 0 aromatic carbocycles. The molecule has 5 nitrogen and oxygen atoms in total. The molecule has 0 bridgehead atoms. The number of carbonyl (C=O) groups is 1. The van der Waals surface area contributed by atoms with Crippen LogP contribution in [0.5, 0.6) is 0 Å². The van der Waals surface area contributed by atoms with Gasteiger partial charge < -0.3 is 15.1 Å². The van der Waals surface area contributed by atoms with Gasteiger partial charge in [-0.1, -0.05) is 0 Å². The molecule has 0 fully saturated rings. The number of aliphatic hydroxyl groups is 1. The zero-order valence-electron chi connectivity index (χ0n) is 9.18. The van der Waals surface area contributed by atoms with Crippen molar-refractivity contribution in [3.63, 3.8) is 0 Å². The van der Waals surface area contributed by atoms with E-state index in [4.69, 9.17) is 10.2 Å². The number of aromatic carboxylic acids is 1. The predicted octanol–water partition coefficient (Wildman–Crippen LogP) is 1.14. The minimum atomic E-state index is -4.46. The molecule has 18 heavy (non-hydrogen) atoms. The first-order chi connectivity index (χ1) is 8.33. The second-order valence-corrected chi connectivity index (χ2v) is 3.47. The first-order valence-electron chi connectivity index (χ1n) is 4.95. The highest BCUT2D eigenvalue weighted by Gasteiger charge is 2.31. The van der Waals surface area contributed by atoms with Gasteiger partial charge in [-0.25, -0.2) is 9.78 Å². The van der Waals surface area contributed by atoms with Crippen molar-refractivity contribution in [1.82, 2.24) is 4.98 Å². The maximum atomic E-state index is 12.3. The lowest BCUT2D eigenvalue weighted by molar-refractivity contribution is -0.120. The average molecular weight is 264 g/mol. The maximum absolute atomic E-state index is 12.3. The second kappa shape index (κ2) is 5.67. The van der Waals surface area contributed by atoms with Crippen molar-refractivity contribution in [2.75, 3.05) is 24.6 Å². The summed E-state index contributed by atoms with van der Waals surface area (Å²) in [5.41, 5.74) is -0.162. The van der Waals surface area contributed by atoms with Gasteiger partial charge in [0.05, 0.1) is 12.2 Å². The van der Waals surface area contributed by atoms with E-state index in [-0.39, 0.29) is 17.9 Å². The Morgan fingerprint density at radius 3 is 2.61 bits per heavy atom. The molecule has 1 rings (SSSR count). The van der Waals surface area contributed by atoms with Crippen LogP contribution < -0.4 is 4.90 Å². The van der Waals surface area contributed by atoms with Gasteiger partial charge in [0, 0.05) is 12.7 Å². The van der Waals surface area contributed by atoms with E-state index in [0.717, 1.165) is 17.2 Å². The van der Waals surface area contributed by atoms with Crippen LogP contribution in [0.2, 0.25) is 0 Å². The molecule has 0 unspecified atom stereocenters. The Hall–Kier alpha value is -1.83. The number of pyridine rings is 1. The highest BCUT2D eigenvalue weighted by Crippen LogP contribution is 2.21. The van der Waals surface area contributed by atoms with Crippen molar-refractivity contribution in [2.45, 2.75) is 6.18 Å². The number of halogens is 3. The van der Waals surface area contributed by atoms with Gasteiger partial charge in [-0.15, -0.1) is 0 Å². The van der Waals surface area contributed by atoms with E-state index >= 15 is 0 Å². The van der Waals surface area contributed by atoms with E-state index in [0.29, 0.717) is 0 Å². The number of alkyl halides is 3. The lowest BCUT2D eigenvalue weighted by atomic mass is 10.2. The SMILES string of the molecule is O=C(O)c1ccnc(N(CCO)CC(F)(F)F)c1. The summed E-state index contributed by atoms with van der Waals surface area (Å²) in [4.78, 5) is 15.1. The van der Waals surface area contributed by atoms with Crippen LogP contribution in [0.3, 0.4) is 0 Å². The van der Waals surface area contributed by atoms with Gasteiger partial charge in [-0.2, -0.15) is 13.2 Å². The largest absolute Gasteiger partial charge is 0.478 e. The fourth-order valence-electron chi connectivity index (χ4n) is 1.34. The maximum Gasteiger partial charge on any atom is 0.405 e. The molecule has 0 aliphatic carbocycles. The standard InChI is InChI=1S/C10H11F3N2O3/c11-10(12,13)6-15(3-4-16)8-5-7(9(17)18)1-2-14-8/h1-2,5,16H,3-4,6H2,(H,17,18). The van der Waals surface area contributed by atoms with Crippen LogP contribution in [0.4, 0.5) is 19.0 Å². The number of aromatic nitrogens is 1. The van der Waals surface area contributed by atoms with E-state index in [1.807, 2.05) is 0 Å². The van der Waals surface area contributed by atoms with E-state index in [1.165, 1.54) is 6.07 Å². The minimum Gasteiger partial charge on any atom is -0.478 e. The Balaban J connectivity index is 2.98. The van der Waals surface area contributed by atoms with Crippen LogP contribution in [-0.2, 0) is 0 Å². The molecule has 100 valence electrons. The highest BCUT2D eigenvalue weighted by atomic mass is 19.4. The van der Waals surface area contributed by atoms with Crippen LogP contribution >= 0.6 is 0 Å². The molecule has 0 amide bonds. The van der Waals surface area contributed by atoms with Crippen molar-refractivity contribution in [3.05, 3.63) is 23.9 Å². The molecule has 0 atom stereocenters. The number of hydrogen-bond acceptors (Lipinski definition) is 4. The molecule has 0 radical (unpaired) electrons. The minimum absolute atomic E-state index is 0.138. The topological polar surface area (TPSA) is 73.7 Å². The second-order valence-electron chi connectivity index (χ2n) is 3.47. The fraction of sp³-hybridized carbons (Fsp3) is 0.400. The number of anilines is 1. The summed E-state index contributed by atoms with van der Waals surface area (Å²) in [5.74, 6) is -1.39. The molecule has 0 spiro atoms. The number of rotatable bonds is 5. The third kappa shape index (κ3) is 4.21. The summed E-state index contributed by atoms with van der Waals surface area (Å²) in [7, 11) is 0. The molecule has 0 saturated heterocycles. The Kier molecular flexibility index (Phi) is 4.49.